The Hall–Kier alpha value is -1.16. The van der Waals surface area contributed by atoms with Gasteiger partial charge in [0, 0.05) is 30.4 Å². The van der Waals surface area contributed by atoms with Crippen LogP contribution < -0.4 is 4.74 Å². The van der Waals surface area contributed by atoms with E-state index >= 15 is 0 Å². The van der Waals surface area contributed by atoms with Gasteiger partial charge < -0.3 is 4.74 Å². The number of rotatable bonds is 3. The van der Waals surface area contributed by atoms with Crippen LogP contribution in [0.5, 0.6) is 5.75 Å². The number of piperidine rings is 1. The highest BCUT2D eigenvalue weighted by molar-refractivity contribution is 5.41. The molecule has 18 heavy (non-hydrogen) atoms. The Morgan fingerprint density at radius 3 is 2.94 bits per heavy atom. The van der Waals surface area contributed by atoms with Crippen molar-refractivity contribution in [2.24, 2.45) is 0 Å². The van der Waals surface area contributed by atoms with E-state index in [1.54, 1.807) is 7.11 Å². The first kappa shape index (κ1) is 13.3. The molecule has 0 bridgehead atoms. The molecule has 1 atom stereocenters. The number of aryl methyl sites for hydroxylation is 1. The molecule has 2 rings (SSSR count). The highest BCUT2D eigenvalue weighted by Crippen LogP contribution is 2.25. The van der Waals surface area contributed by atoms with Crippen LogP contribution in [0.1, 0.15) is 29.7 Å². The van der Waals surface area contributed by atoms with Crippen molar-refractivity contribution in [3.63, 3.8) is 0 Å². The molecule has 0 N–H and O–H groups in total. The molecule has 1 aliphatic heterocycles. The van der Waals surface area contributed by atoms with Crippen molar-refractivity contribution in [3.8, 4) is 5.75 Å². The third-order valence-corrected chi connectivity index (χ3v) is 3.57. The molecular weight excluding hydrogens is 231 g/mol. The summed E-state index contributed by atoms with van der Waals surface area (Å²) >= 11 is 0. The molecule has 0 saturated carbocycles. The first-order chi connectivity index (χ1) is 8.61. The smallest absolute Gasteiger partial charge is 0.128 e. The summed E-state index contributed by atoms with van der Waals surface area (Å²) in [4.78, 5) is 6.60. The molecule has 1 aromatic heterocycles. The molecule has 0 aliphatic carbocycles. The first-order valence-corrected chi connectivity index (χ1v) is 6.47. The second-order valence-corrected chi connectivity index (χ2v) is 5.02. The molecule has 3 nitrogen and oxygen atoms in total. The maximum absolute atomic E-state index is 13.4. The lowest BCUT2D eigenvalue weighted by Gasteiger charge is -2.29. The van der Waals surface area contributed by atoms with Gasteiger partial charge in [0.15, 0.2) is 0 Å². The van der Waals surface area contributed by atoms with Crippen molar-refractivity contribution in [2.75, 3.05) is 20.2 Å². The fraction of sp³-hybridized carbons (Fsp3) is 0.643. The molecule has 0 amide bonds. The maximum atomic E-state index is 13.4. The largest absolute Gasteiger partial charge is 0.496 e. The Labute approximate surface area is 108 Å². The molecule has 1 fully saturated rings. The molecule has 1 unspecified atom stereocenters. The Bertz CT molecular complexity index is 423. The van der Waals surface area contributed by atoms with Crippen molar-refractivity contribution < 1.29 is 9.13 Å². The van der Waals surface area contributed by atoms with Gasteiger partial charge in [-0.05, 0) is 33.2 Å². The van der Waals surface area contributed by atoms with Gasteiger partial charge in [0.05, 0.1) is 12.8 Å². The summed E-state index contributed by atoms with van der Waals surface area (Å²) in [6.45, 7) is 6.20. The van der Waals surface area contributed by atoms with Gasteiger partial charge in [-0.2, -0.15) is 0 Å². The summed E-state index contributed by atoms with van der Waals surface area (Å²) in [7, 11) is 1.68. The lowest BCUT2D eigenvalue weighted by Crippen LogP contribution is -2.36. The fourth-order valence-electron chi connectivity index (χ4n) is 2.59. The van der Waals surface area contributed by atoms with Crippen LogP contribution in [0.15, 0.2) is 6.20 Å². The number of ether oxygens (including phenoxy) is 1. The fourth-order valence-corrected chi connectivity index (χ4v) is 2.59. The van der Waals surface area contributed by atoms with Crippen molar-refractivity contribution in [1.29, 1.82) is 0 Å². The summed E-state index contributed by atoms with van der Waals surface area (Å²) in [6.07, 6.45) is 2.77. The van der Waals surface area contributed by atoms with Gasteiger partial charge in [-0.25, -0.2) is 4.39 Å². The van der Waals surface area contributed by atoms with E-state index in [-0.39, 0.29) is 0 Å². The third-order valence-electron chi connectivity index (χ3n) is 3.57. The minimum absolute atomic E-state index is 0.525. The minimum Gasteiger partial charge on any atom is -0.496 e. The zero-order valence-electron chi connectivity index (χ0n) is 11.4. The van der Waals surface area contributed by atoms with E-state index in [2.05, 4.69) is 9.88 Å². The molecule has 0 radical (unpaired) electrons. The predicted octanol–water partition coefficient (Wildman–Crippen LogP) is 2.64. The number of hydrogen-bond acceptors (Lipinski definition) is 3. The summed E-state index contributed by atoms with van der Waals surface area (Å²) < 4.78 is 18.8. The van der Waals surface area contributed by atoms with Gasteiger partial charge in [0.1, 0.15) is 11.9 Å². The molecule has 1 aromatic rings. The summed E-state index contributed by atoms with van der Waals surface area (Å²) in [5.41, 5.74) is 3.10. The zero-order chi connectivity index (χ0) is 13.1. The number of nitrogens with zero attached hydrogens (tertiary/aromatic N) is 2. The molecule has 4 heteroatoms. The van der Waals surface area contributed by atoms with Gasteiger partial charge in [-0.15, -0.1) is 0 Å². The van der Waals surface area contributed by atoms with E-state index in [1.165, 1.54) is 0 Å². The minimum atomic E-state index is -0.689. The van der Waals surface area contributed by atoms with Crippen LogP contribution in [-0.4, -0.2) is 36.3 Å². The standard InChI is InChI=1S/C14H21FN2O/c1-10-7-16-13(11(2)14(10)18-3)9-17-6-4-5-12(15)8-17/h7,12H,4-6,8-9H2,1-3H3. The summed E-state index contributed by atoms with van der Waals surface area (Å²) in [6, 6.07) is 0. The van der Waals surface area contributed by atoms with Crippen molar-refractivity contribution in [1.82, 2.24) is 9.88 Å². The van der Waals surface area contributed by atoms with Gasteiger partial charge in [-0.1, -0.05) is 0 Å². The normalized spacial score (nSPS) is 21.0. The summed E-state index contributed by atoms with van der Waals surface area (Å²) in [5, 5.41) is 0. The number of alkyl halides is 1. The van der Waals surface area contributed by atoms with E-state index < -0.39 is 6.17 Å². The van der Waals surface area contributed by atoms with Crippen LogP contribution in [0, 0.1) is 13.8 Å². The average Bonchev–Trinajstić information content (AvgIpc) is 2.34. The Balaban J connectivity index is 2.14. The van der Waals surface area contributed by atoms with Crippen LogP contribution in [0.2, 0.25) is 0 Å². The quantitative estimate of drug-likeness (QED) is 0.827. The number of pyridine rings is 1. The van der Waals surface area contributed by atoms with E-state index in [0.717, 1.165) is 35.5 Å². The van der Waals surface area contributed by atoms with Crippen LogP contribution in [0.4, 0.5) is 4.39 Å². The van der Waals surface area contributed by atoms with E-state index in [0.29, 0.717) is 19.5 Å². The van der Waals surface area contributed by atoms with Gasteiger partial charge in [-0.3, -0.25) is 9.88 Å². The number of methoxy groups -OCH3 is 1. The monoisotopic (exact) mass is 252 g/mol. The van der Waals surface area contributed by atoms with Crippen LogP contribution >= 0.6 is 0 Å². The van der Waals surface area contributed by atoms with Crippen molar-refractivity contribution in [3.05, 3.63) is 23.0 Å². The number of aromatic nitrogens is 1. The molecule has 1 saturated heterocycles. The maximum Gasteiger partial charge on any atom is 0.128 e. The number of likely N-dealkylation sites (tertiary alicyclic amines) is 1. The van der Waals surface area contributed by atoms with E-state index in [9.17, 15) is 4.39 Å². The molecular formula is C14H21FN2O. The lowest BCUT2D eigenvalue weighted by molar-refractivity contribution is 0.131. The highest BCUT2D eigenvalue weighted by atomic mass is 19.1. The van der Waals surface area contributed by atoms with Crippen LogP contribution in [0.25, 0.3) is 0 Å². The number of halogens is 1. The number of hydrogen-bond donors (Lipinski definition) is 0. The van der Waals surface area contributed by atoms with Crippen LogP contribution in [-0.2, 0) is 6.54 Å². The second kappa shape index (κ2) is 5.65. The topological polar surface area (TPSA) is 25.4 Å². The summed E-state index contributed by atoms with van der Waals surface area (Å²) in [5.74, 6) is 0.897. The van der Waals surface area contributed by atoms with Crippen molar-refractivity contribution in [2.45, 2.75) is 39.4 Å². The average molecular weight is 252 g/mol. The van der Waals surface area contributed by atoms with Gasteiger partial charge in [0.25, 0.3) is 0 Å². The van der Waals surface area contributed by atoms with Gasteiger partial charge in [0.2, 0.25) is 0 Å². The molecule has 0 aromatic carbocycles. The predicted molar refractivity (Wildman–Crippen MR) is 69.7 cm³/mol. The Morgan fingerprint density at radius 2 is 2.28 bits per heavy atom. The van der Waals surface area contributed by atoms with Gasteiger partial charge >= 0.3 is 0 Å². The molecule has 1 aliphatic rings. The Morgan fingerprint density at radius 1 is 1.50 bits per heavy atom. The second-order valence-electron chi connectivity index (χ2n) is 5.02. The van der Waals surface area contributed by atoms with Crippen LogP contribution in [0.3, 0.4) is 0 Å². The molecule has 100 valence electrons. The zero-order valence-corrected chi connectivity index (χ0v) is 11.4. The SMILES string of the molecule is COc1c(C)cnc(CN2CCCC(F)C2)c1C. The first-order valence-electron chi connectivity index (χ1n) is 6.47. The van der Waals surface area contributed by atoms with Crippen molar-refractivity contribution >= 4 is 0 Å². The van der Waals surface area contributed by atoms with E-state index in [1.807, 2.05) is 20.0 Å². The Kier molecular flexibility index (Phi) is 4.17. The molecule has 2 heterocycles. The lowest BCUT2D eigenvalue weighted by atomic mass is 10.1. The van der Waals surface area contributed by atoms with E-state index in [4.69, 9.17) is 4.74 Å². The third kappa shape index (κ3) is 2.80. The highest BCUT2D eigenvalue weighted by Gasteiger charge is 2.20. The molecule has 0 spiro atoms.